The van der Waals surface area contributed by atoms with E-state index in [0.29, 0.717) is 0 Å². The van der Waals surface area contributed by atoms with E-state index in [1.54, 1.807) is 0 Å². The lowest BCUT2D eigenvalue weighted by Crippen LogP contribution is -2.20. The average molecular weight is 215 g/mol. The van der Waals surface area contributed by atoms with Crippen LogP contribution in [0.4, 0.5) is 5.69 Å². The van der Waals surface area contributed by atoms with Gasteiger partial charge in [-0.1, -0.05) is 23.3 Å². The summed E-state index contributed by atoms with van der Waals surface area (Å²) in [6, 6.07) is 9.52. The first-order chi connectivity index (χ1) is 7.77. The molecule has 0 aliphatic carbocycles. The van der Waals surface area contributed by atoms with Crippen molar-refractivity contribution in [2.24, 2.45) is 29.5 Å². The molecule has 0 aliphatic heterocycles. The normalized spacial score (nSPS) is 10.9. The van der Waals surface area contributed by atoms with Gasteiger partial charge in [-0.3, -0.25) is 0 Å². The first-order valence-electron chi connectivity index (χ1n) is 4.95. The number of imidazole rings is 1. The van der Waals surface area contributed by atoms with Gasteiger partial charge in [0.2, 0.25) is 5.62 Å². The topological polar surface area (TPSA) is 46.9 Å². The van der Waals surface area contributed by atoms with E-state index in [0.717, 1.165) is 11.3 Å². The van der Waals surface area contributed by atoms with Gasteiger partial charge in [0.15, 0.2) is 0 Å². The molecule has 0 saturated heterocycles. The number of hydrogen-bond donors (Lipinski definition) is 0. The molecule has 2 aromatic rings. The highest BCUT2D eigenvalue weighted by Crippen LogP contribution is 2.09. The fraction of sp³-hybridized carbons (Fsp3) is 0.182. The molecule has 0 aliphatic rings. The van der Waals surface area contributed by atoms with E-state index in [9.17, 15) is 0 Å². The summed E-state index contributed by atoms with van der Waals surface area (Å²) in [7, 11) is 3.83. The Morgan fingerprint density at radius 2 is 1.56 bits per heavy atom. The third-order valence-corrected chi connectivity index (χ3v) is 2.20. The molecular weight excluding hydrogens is 202 g/mol. The Morgan fingerprint density at radius 3 is 2.19 bits per heavy atom. The van der Waals surface area contributed by atoms with Crippen molar-refractivity contribution in [1.29, 1.82) is 0 Å². The van der Waals surface area contributed by atoms with Crippen molar-refractivity contribution in [1.82, 2.24) is 9.13 Å². The Morgan fingerprint density at radius 1 is 0.938 bits per heavy atom. The minimum Gasteiger partial charge on any atom is -0.319 e. The average Bonchev–Trinajstić information content (AvgIpc) is 2.62. The molecule has 5 nitrogen and oxygen atoms in total. The van der Waals surface area contributed by atoms with Crippen molar-refractivity contribution in [3.8, 4) is 0 Å². The molecule has 2 rings (SSSR count). The summed E-state index contributed by atoms with van der Waals surface area (Å²) in [5.74, 6) is 0. The number of hydrogen-bond acceptors (Lipinski definition) is 2. The second-order valence-corrected chi connectivity index (χ2v) is 3.44. The molecule has 0 N–H and O–H groups in total. The minimum atomic E-state index is 0.750. The molecule has 16 heavy (non-hydrogen) atoms. The molecule has 1 aromatic heterocycles. The van der Waals surface area contributed by atoms with Crippen molar-refractivity contribution in [3.63, 3.8) is 0 Å². The Labute approximate surface area is 93.4 Å². The summed E-state index contributed by atoms with van der Waals surface area (Å²) >= 11 is 0. The van der Waals surface area contributed by atoms with Crippen molar-refractivity contribution in [3.05, 3.63) is 48.3 Å². The molecule has 0 spiro atoms. The zero-order valence-electron chi connectivity index (χ0n) is 9.28. The molecule has 0 radical (unpaired) electrons. The molecule has 5 heteroatoms. The van der Waals surface area contributed by atoms with Crippen LogP contribution < -0.4 is 5.62 Å². The monoisotopic (exact) mass is 215 g/mol. The SMILES string of the molecule is Cn1ccn(C)c1=N/N=N/c1ccccc1. The van der Waals surface area contributed by atoms with Crippen LogP contribution in [0.5, 0.6) is 0 Å². The van der Waals surface area contributed by atoms with Crippen LogP contribution >= 0.6 is 0 Å². The summed E-state index contributed by atoms with van der Waals surface area (Å²) in [6.07, 6.45) is 3.83. The van der Waals surface area contributed by atoms with E-state index in [4.69, 9.17) is 0 Å². The van der Waals surface area contributed by atoms with Crippen molar-refractivity contribution in [2.45, 2.75) is 0 Å². The second-order valence-electron chi connectivity index (χ2n) is 3.44. The zero-order valence-corrected chi connectivity index (χ0v) is 9.28. The van der Waals surface area contributed by atoms with E-state index >= 15 is 0 Å². The molecule has 0 fully saturated rings. The highest BCUT2D eigenvalue weighted by molar-refractivity contribution is 5.34. The largest absolute Gasteiger partial charge is 0.319 e. The molecule has 0 unspecified atom stereocenters. The van der Waals surface area contributed by atoms with E-state index in [2.05, 4.69) is 15.4 Å². The quantitative estimate of drug-likeness (QED) is 0.543. The number of benzene rings is 1. The van der Waals surface area contributed by atoms with Crippen LogP contribution in [0.15, 0.2) is 58.2 Å². The maximum atomic E-state index is 4.04. The number of aromatic nitrogens is 2. The van der Waals surface area contributed by atoms with Crippen LogP contribution in [0.3, 0.4) is 0 Å². The summed E-state index contributed by atoms with van der Waals surface area (Å²) in [5.41, 5.74) is 1.54. The zero-order chi connectivity index (χ0) is 11.4. The van der Waals surface area contributed by atoms with E-state index in [-0.39, 0.29) is 0 Å². The molecule has 0 atom stereocenters. The highest BCUT2D eigenvalue weighted by Gasteiger charge is 1.91. The summed E-state index contributed by atoms with van der Waals surface area (Å²) in [4.78, 5) is 0. The number of aryl methyl sites for hydroxylation is 2. The molecule has 1 heterocycles. The van der Waals surface area contributed by atoms with Crippen molar-refractivity contribution in [2.75, 3.05) is 0 Å². The molecule has 1 aromatic carbocycles. The summed E-state index contributed by atoms with van der Waals surface area (Å²) in [5, 5.41) is 11.9. The van der Waals surface area contributed by atoms with Crippen molar-refractivity contribution < 1.29 is 0 Å². The van der Waals surface area contributed by atoms with Gasteiger partial charge in [-0.2, -0.15) is 0 Å². The van der Waals surface area contributed by atoms with E-state index < -0.39 is 0 Å². The fourth-order valence-corrected chi connectivity index (χ4v) is 1.33. The lowest BCUT2D eigenvalue weighted by molar-refractivity contribution is 0.718. The standard InChI is InChI=1S/C11H13N5/c1-15-8-9-16(2)11(15)13-14-12-10-6-4-3-5-7-10/h3-9H,1-2H3/b14-12+. The Hall–Kier alpha value is -2.17. The molecular formula is C11H13N5. The maximum absolute atomic E-state index is 4.04. The van der Waals surface area contributed by atoms with Gasteiger partial charge in [-0.05, 0) is 17.4 Å². The predicted octanol–water partition coefficient (Wildman–Crippen LogP) is 1.96. The lowest BCUT2D eigenvalue weighted by atomic mass is 10.3. The molecule has 0 bridgehead atoms. The van der Waals surface area contributed by atoms with Gasteiger partial charge >= 0.3 is 0 Å². The van der Waals surface area contributed by atoms with Gasteiger partial charge in [0.25, 0.3) is 0 Å². The molecule has 0 amide bonds. The van der Waals surface area contributed by atoms with Crippen LogP contribution in [-0.2, 0) is 14.1 Å². The molecule has 0 saturated carbocycles. The van der Waals surface area contributed by atoms with Crippen molar-refractivity contribution >= 4 is 5.69 Å². The van der Waals surface area contributed by atoms with Crippen LogP contribution in [-0.4, -0.2) is 9.13 Å². The summed E-state index contributed by atoms with van der Waals surface area (Å²) < 4.78 is 3.76. The summed E-state index contributed by atoms with van der Waals surface area (Å²) in [6.45, 7) is 0. The van der Waals surface area contributed by atoms with E-state index in [1.807, 2.05) is 66.0 Å². The van der Waals surface area contributed by atoms with Gasteiger partial charge in [-0.25, -0.2) is 0 Å². The maximum Gasteiger partial charge on any atom is 0.231 e. The fourth-order valence-electron chi connectivity index (χ4n) is 1.33. The number of nitrogens with zero attached hydrogens (tertiary/aromatic N) is 5. The van der Waals surface area contributed by atoms with Crippen LogP contribution in [0.2, 0.25) is 0 Å². The highest BCUT2D eigenvalue weighted by atomic mass is 15.4. The van der Waals surface area contributed by atoms with E-state index in [1.165, 1.54) is 0 Å². The third-order valence-electron chi connectivity index (χ3n) is 2.20. The smallest absolute Gasteiger partial charge is 0.231 e. The van der Waals surface area contributed by atoms with Gasteiger partial charge in [0, 0.05) is 26.5 Å². The van der Waals surface area contributed by atoms with Gasteiger partial charge in [-0.15, -0.1) is 5.11 Å². The first kappa shape index (κ1) is 10.4. The predicted molar refractivity (Wildman–Crippen MR) is 60.9 cm³/mol. The van der Waals surface area contributed by atoms with Crippen LogP contribution in [0.25, 0.3) is 0 Å². The second kappa shape index (κ2) is 4.57. The van der Waals surface area contributed by atoms with Gasteiger partial charge in [0.1, 0.15) is 0 Å². The Kier molecular flexibility index (Phi) is 2.95. The van der Waals surface area contributed by atoms with Gasteiger partial charge in [0.05, 0.1) is 5.69 Å². The lowest BCUT2D eigenvalue weighted by Gasteiger charge is -1.91. The number of rotatable bonds is 2. The minimum absolute atomic E-state index is 0.750. The van der Waals surface area contributed by atoms with Gasteiger partial charge < -0.3 is 9.13 Å². The first-order valence-corrected chi connectivity index (χ1v) is 4.95. The Bertz CT molecular complexity index is 525. The molecule has 82 valence electrons. The van der Waals surface area contributed by atoms with Crippen LogP contribution in [0.1, 0.15) is 0 Å². The Balaban J connectivity index is 2.25. The van der Waals surface area contributed by atoms with Crippen LogP contribution in [0, 0.1) is 0 Å². The third kappa shape index (κ3) is 2.25.